The van der Waals surface area contributed by atoms with Crippen molar-refractivity contribution in [3.63, 3.8) is 0 Å². The van der Waals surface area contributed by atoms with Crippen LogP contribution in [0.1, 0.15) is 24.3 Å². The van der Waals surface area contributed by atoms with E-state index in [-0.39, 0.29) is 6.10 Å². The number of hydrogen-bond donors (Lipinski definition) is 1. The molecule has 82 valence electrons. The van der Waals surface area contributed by atoms with Gasteiger partial charge in [0, 0.05) is 0 Å². The van der Waals surface area contributed by atoms with Crippen LogP contribution in [0.25, 0.3) is 0 Å². The summed E-state index contributed by atoms with van der Waals surface area (Å²) < 4.78 is 0. The zero-order valence-electron chi connectivity index (χ0n) is 9.10. The van der Waals surface area contributed by atoms with E-state index in [2.05, 4.69) is 30.5 Å². The second-order valence-corrected chi connectivity index (χ2v) is 5.25. The smallest absolute Gasteiger partial charge is 0.0582 e. The molecule has 15 heavy (non-hydrogen) atoms. The van der Waals surface area contributed by atoms with Crippen LogP contribution >= 0.6 is 11.8 Å². The van der Waals surface area contributed by atoms with Gasteiger partial charge < -0.3 is 5.11 Å². The molecule has 2 rings (SSSR count). The van der Waals surface area contributed by atoms with Crippen LogP contribution in [-0.4, -0.2) is 23.2 Å². The standard InChI is InChI=1S/C13H18OS/c1-15-8-7-13(14)12-9-11(12)10-5-3-2-4-6-10/h2-6,11-14H,7-9H2,1H3. The number of rotatable bonds is 5. The highest BCUT2D eigenvalue weighted by atomic mass is 32.2. The Morgan fingerprint density at radius 1 is 1.40 bits per heavy atom. The molecule has 0 heterocycles. The van der Waals surface area contributed by atoms with Gasteiger partial charge in [-0.3, -0.25) is 0 Å². The quantitative estimate of drug-likeness (QED) is 0.826. The van der Waals surface area contributed by atoms with E-state index in [9.17, 15) is 5.11 Å². The number of aliphatic hydroxyl groups excluding tert-OH is 1. The Morgan fingerprint density at radius 2 is 2.13 bits per heavy atom. The van der Waals surface area contributed by atoms with E-state index in [0.717, 1.165) is 12.2 Å². The van der Waals surface area contributed by atoms with E-state index in [4.69, 9.17) is 0 Å². The first kappa shape index (κ1) is 11.0. The highest BCUT2D eigenvalue weighted by Gasteiger charge is 2.42. The van der Waals surface area contributed by atoms with Gasteiger partial charge in [-0.25, -0.2) is 0 Å². The van der Waals surface area contributed by atoms with E-state index in [1.54, 1.807) is 0 Å². The summed E-state index contributed by atoms with van der Waals surface area (Å²) in [6, 6.07) is 10.6. The largest absolute Gasteiger partial charge is 0.393 e. The number of aliphatic hydroxyl groups is 1. The Bertz CT molecular complexity index is 299. The lowest BCUT2D eigenvalue weighted by atomic mass is 10.1. The molecule has 1 fully saturated rings. The molecule has 1 nitrogen and oxygen atoms in total. The van der Waals surface area contributed by atoms with E-state index >= 15 is 0 Å². The molecular formula is C13H18OS. The Morgan fingerprint density at radius 3 is 2.80 bits per heavy atom. The van der Waals surface area contributed by atoms with E-state index in [1.807, 2.05) is 17.8 Å². The van der Waals surface area contributed by atoms with Crippen LogP contribution in [0.4, 0.5) is 0 Å². The van der Waals surface area contributed by atoms with Gasteiger partial charge in [-0.2, -0.15) is 11.8 Å². The van der Waals surface area contributed by atoms with Crippen molar-refractivity contribution < 1.29 is 5.11 Å². The average molecular weight is 222 g/mol. The summed E-state index contributed by atoms with van der Waals surface area (Å²) in [6.45, 7) is 0. The number of thioether (sulfide) groups is 1. The fraction of sp³-hybridized carbons (Fsp3) is 0.538. The molecule has 3 atom stereocenters. The Balaban J connectivity index is 1.85. The van der Waals surface area contributed by atoms with Crippen LogP contribution in [0.15, 0.2) is 30.3 Å². The van der Waals surface area contributed by atoms with Crippen LogP contribution in [-0.2, 0) is 0 Å². The lowest BCUT2D eigenvalue weighted by molar-refractivity contribution is 0.146. The third kappa shape index (κ3) is 2.76. The molecule has 3 unspecified atom stereocenters. The fourth-order valence-corrected chi connectivity index (χ4v) is 2.65. The van der Waals surface area contributed by atoms with Crippen molar-refractivity contribution >= 4 is 11.8 Å². The minimum Gasteiger partial charge on any atom is -0.393 e. The highest BCUT2D eigenvalue weighted by molar-refractivity contribution is 7.98. The number of hydrogen-bond acceptors (Lipinski definition) is 2. The van der Waals surface area contributed by atoms with Crippen molar-refractivity contribution in [2.75, 3.05) is 12.0 Å². The monoisotopic (exact) mass is 222 g/mol. The maximum atomic E-state index is 9.94. The zero-order valence-corrected chi connectivity index (χ0v) is 9.91. The lowest BCUT2D eigenvalue weighted by Gasteiger charge is -2.08. The van der Waals surface area contributed by atoms with Gasteiger partial charge in [0.25, 0.3) is 0 Å². The van der Waals surface area contributed by atoms with Crippen molar-refractivity contribution in [1.82, 2.24) is 0 Å². The normalized spacial score (nSPS) is 26.3. The molecule has 0 amide bonds. The SMILES string of the molecule is CSCCC(O)C1CC1c1ccccc1. The lowest BCUT2D eigenvalue weighted by Crippen LogP contribution is -2.11. The summed E-state index contributed by atoms with van der Waals surface area (Å²) in [5.74, 6) is 2.20. The van der Waals surface area contributed by atoms with Crippen molar-refractivity contribution in [2.45, 2.75) is 24.9 Å². The molecule has 0 spiro atoms. The summed E-state index contributed by atoms with van der Waals surface area (Å²) in [4.78, 5) is 0. The maximum absolute atomic E-state index is 9.94. The molecule has 0 radical (unpaired) electrons. The summed E-state index contributed by atoms with van der Waals surface area (Å²) in [5, 5.41) is 9.94. The van der Waals surface area contributed by atoms with Gasteiger partial charge >= 0.3 is 0 Å². The molecule has 1 aliphatic rings. The second kappa shape index (κ2) is 5.04. The van der Waals surface area contributed by atoms with Crippen molar-refractivity contribution in [3.05, 3.63) is 35.9 Å². The first-order chi connectivity index (χ1) is 7.33. The van der Waals surface area contributed by atoms with Gasteiger partial charge in [-0.05, 0) is 42.2 Å². The third-order valence-corrected chi connectivity index (χ3v) is 3.82. The first-order valence-corrected chi connectivity index (χ1v) is 6.94. The molecule has 1 aromatic carbocycles. The van der Waals surface area contributed by atoms with Gasteiger partial charge in [0.15, 0.2) is 0 Å². The fourth-order valence-electron chi connectivity index (χ4n) is 2.18. The Labute approximate surface area is 95.9 Å². The van der Waals surface area contributed by atoms with Crippen LogP contribution in [0.3, 0.4) is 0 Å². The summed E-state index contributed by atoms with van der Waals surface area (Å²) >= 11 is 1.81. The first-order valence-electron chi connectivity index (χ1n) is 5.55. The molecule has 1 aliphatic carbocycles. The van der Waals surface area contributed by atoms with Crippen LogP contribution in [0.2, 0.25) is 0 Å². The van der Waals surface area contributed by atoms with Gasteiger partial charge in [-0.1, -0.05) is 30.3 Å². The topological polar surface area (TPSA) is 20.2 Å². The van der Waals surface area contributed by atoms with Crippen LogP contribution < -0.4 is 0 Å². The predicted octanol–water partition coefficient (Wildman–Crippen LogP) is 2.90. The van der Waals surface area contributed by atoms with Crippen molar-refractivity contribution in [2.24, 2.45) is 5.92 Å². The van der Waals surface area contributed by atoms with Crippen molar-refractivity contribution in [1.29, 1.82) is 0 Å². The molecule has 0 saturated heterocycles. The summed E-state index contributed by atoms with van der Waals surface area (Å²) in [6.07, 6.45) is 4.10. The van der Waals surface area contributed by atoms with Gasteiger partial charge in [0.2, 0.25) is 0 Å². The van der Waals surface area contributed by atoms with E-state index in [0.29, 0.717) is 11.8 Å². The minimum absolute atomic E-state index is 0.0948. The molecule has 0 aromatic heterocycles. The molecule has 1 aromatic rings. The summed E-state index contributed by atoms with van der Waals surface area (Å²) in [7, 11) is 0. The van der Waals surface area contributed by atoms with E-state index < -0.39 is 0 Å². The molecular weight excluding hydrogens is 204 g/mol. The third-order valence-electron chi connectivity index (χ3n) is 3.18. The Hall–Kier alpha value is -0.470. The van der Waals surface area contributed by atoms with Gasteiger partial charge in [-0.15, -0.1) is 0 Å². The predicted molar refractivity (Wildman–Crippen MR) is 66.3 cm³/mol. The second-order valence-electron chi connectivity index (χ2n) is 4.27. The minimum atomic E-state index is -0.0948. The molecule has 0 aliphatic heterocycles. The van der Waals surface area contributed by atoms with Crippen LogP contribution in [0.5, 0.6) is 0 Å². The van der Waals surface area contributed by atoms with Gasteiger partial charge in [0.05, 0.1) is 6.10 Å². The Kier molecular flexibility index (Phi) is 3.71. The maximum Gasteiger partial charge on any atom is 0.0582 e. The zero-order chi connectivity index (χ0) is 10.7. The molecule has 1 N–H and O–H groups in total. The average Bonchev–Trinajstić information content (AvgIpc) is 3.07. The molecule has 1 saturated carbocycles. The number of benzene rings is 1. The van der Waals surface area contributed by atoms with E-state index in [1.165, 1.54) is 12.0 Å². The van der Waals surface area contributed by atoms with Gasteiger partial charge in [0.1, 0.15) is 0 Å². The molecule has 0 bridgehead atoms. The van der Waals surface area contributed by atoms with Crippen molar-refractivity contribution in [3.8, 4) is 0 Å². The highest BCUT2D eigenvalue weighted by Crippen LogP contribution is 2.50. The summed E-state index contributed by atoms with van der Waals surface area (Å²) in [5.41, 5.74) is 1.39. The molecule has 2 heteroatoms. The van der Waals surface area contributed by atoms with Crippen LogP contribution in [0, 0.1) is 5.92 Å².